The van der Waals surface area contributed by atoms with Crippen molar-refractivity contribution in [2.24, 2.45) is 0 Å². The summed E-state index contributed by atoms with van der Waals surface area (Å²) in [5.41, 5.74) is 6.65. The SMILES string of the molecule is CCOc1nc(C(=O)NCc2ccc(F)c(OC)c2)cc(N)c1C#N. The molecule has 0 atom stereocenters. The minimum absolute atomic E-state index is 0.0126. The Labute approximate surface area is 144 Å². The summed E-state index contributed by atoms with van der Waals surface area (Å²) in [5.74, 6) is -0.884. The molecule has 2 rings (SSSR count). The number of ether oxygens (including phenoxy) is 2. The van der Waals surface area contributed by atoms with Crippen LogP contribution in [0.25, 0.3) is 0 Å². The molecule has 2 aromatic rings. The van der Waals surface area contributed by atoms with Gasteiger partial charge in [-0.3, -0.25) is 4.79 Å². The smallest absolute Gasteiger partial charge is 0.270 e. The molecule has 0 spiro atoms. The Balaban J connectivity index is 2.17. The highest BCUT2D eigenvalue weighted by Crippen LogP contribution is 2.23. The summed E-state index contributed by atoms with van der Waals surface area (Å²) in [4.78, 5) is 16.3. The van der Waals surface area contributed by atoms with Crippen molar-refractivity contribution in [1.29, 1.82) is 5.26 Å². The Kier molecular flexibility index (Phi) is 5.74. The normalized spacial score (nSPS) is 10.0. The lowest BCUT2D eigenvalue weighted by atomic mass is 10.2. The summed E-state index contributed by atoms with van der Waals surface area (Å²) in [5, 5.41) is 11.7. The van der Waals surface area contributed by atoms with Gasteiger partial charge in [0.05, 0.1) is 19.4 Å². The van der Waals surface area contributed by atoms with Crippen LogP contribution in [-0.2, 0) is 6.54 Å². The zero-order valence-electron chi connectivity index (χ0n) is 13.8. The number of anilines is 1. The zero-order valence-corrected chi connectivity index (χ0v) is 13.8. The summed E-state index contributed by atoms with van der Waals surface area (Å²) in [6, 6.07) is 7.48. The summed E-state index contributed by atoms with van der Waals surface area (Å²) < 4.78 is 23.5. The predicted octanol–water partition coefficient (Wildman–Crippen LogP) is 2.01. The second kappa shape index (κ2) is 7.97. The van der Waals surface area contributed by atoms with E-state index in [0.717, 1.165) is 0 Å². The highest BCUT2D eigenvalue weighted by Gasteiger charge is 2.16. The zero-order chi connectivity index (χ0) is 18.4. The lowest BCUT2D eigenvalue weighted by Crippen LogP contribution is -2.24. The van der Waals surface area contributed by atoms with Crippen LogP contribution in [0.15, 0.2) is 24.3 Å². The van der Waals surface area contributed by atoms with Crippen LogP contribution in [0.3, 0.4) is 0 Å². The van der Waals surface area contributed by atoms with E-state index in [1.807, 2.05) is 6.07 Å². The van der Waals surface area contributed by atoms with Gasteiger partial charge in [-0.15, -0.1) is 0 Å². The molecule has 130 valence electrons. The monoisotopic (exact) mass is 344 g/mol. The number of aromatic nitrogens is 1. The molecule has 0 aliphatic rings. The molecular formula is C17H17FN4O3. The largest absolute Gasteiger partial charge is 0.494 e. The number of nitrogens with two attached hydrogens (primary N) is 1. The fraction of sp³-hybridized carbons (Fsp3) is 0.235. The van der Waals surface area contributed by atoms with Crippen LogP contribution in [0.2, 0.25) is 0 Å². The van der Waals surface area contributed by atoms with E-state index in [-0.39, 0.29) is 41.7 Å². The van der Waals surface area contributed by atoms with Gasteiger partial charge in [-0.25, -0.2) is 9.37 Å². The Hall–Kier alpha value is -3.34. The first-order chi connectivity index (χ1) is 12.0. The van der Waals surface area contributed by atoms with Crippen LogP contribution in [0.4, 0.5) is 10.1 Å². The molecule has 8 heteroatoms. The fourth-order valence-electron chi connectivity index (χ4n) is 2.10. The number of benzene rings is 1. The second-order valence-electron chi connectivity index (χ2n) is 4.97. The van der Waals surface area contributed by atoms with Crippen LogP contribution in [0.5, 0.6) is 11.6 Å². The number of halogens is 1. The molecule has 0 unspecified atom stereocenters. The molecule has 0 radical (unpaired) electrons. The number of carbonyl (C=O) groups is 1. The number of hydrogen-bond acceptors (Lipinski definition) is 6. The van der Waals surface area contributed by atoms with Crippen molar-refractivity contribution in [3.8, 4) is 17.7 Å². The summed E-state index contributed by atoms with van der Waals surface area (Å²) in [6.07, 6.45) is 0. The lowest BCUT2D eigenvalue weighted by Gasteiger charge is -2.10. The van der Waals surface area contributed by atoms with Crippen molar-refractivity contribution in [2.75, 3.05) is 19.5 Å². The molecule has 0 bridgehead atoms. The number of carbonyl (C=O) groups excluding carboxylic acids is 1. The number of rotatable bonds is 6. The Morgan fingerprint density at radius 2 is 2.20 bits per heavy atom. The van der Waals surface area contributed by atoms with Gasteiger partial charge in [-0.2, -0.15) is 5.26 Å². The van der Waals surface area contributed by atoms with Crippen LogP contribution in [-0.4, -0.2) is 24.6 Å². The van der Waals surface area contributed by atoms with Gasteiger partial charge in [0, 0.05) is 6.54 Å². The third kappa shape index (κ3) is 4.14. The van der Waals surface area contributed by atoms with Gasteiger partial charge in [-0.1, -0.05) is 6.07 Å². The summed E-state index contributed by atoms with van der Waals surface area (Å²) >= 11 is 0. The van der Waals surface area contributed by atoms with Gasteiger partial charge in [0.25, 0.3) is 5.91 Å². The molecular weight excluding hydrogens is 327 g/mol. The van der Waals surface area contributed by atoms with Gasteiger partial charge in [0.2, 0.25) is 5.88 Å². The predicted molar refractivity (Wildman–Crippen MR) is 88.7 cm³/mol. The number of methoxy groups -OCH3 is 1. The second-order valence-corrected chi connectivity index (χ2v) is 4.97. The number of nitrogens with one attached hydrogen (secondary N) is 1. The van der Waals surface area contributed by atoms with Gasteiger partial charge in [0.1, 0.15) is 17.3 Å². The van der Waals surface area contributed by atoms with Gasteiger partial charge >= 0.3 is 0 Å². The lowest BCUT2D eigenvalue weighted by molar-refractivity contribution is 0.0944. The Morgan fingerprint density at radius 3 is 2.84 bits per heavy atom. The van der Waals surface area contributed by atoms with E-state index < -0.39 is 11.7 Å². The van der Waals surface area contributed by atoms with Crippen molar-refractivity contribution in [2.45, 2.75) is 13.5 Å². The number of nitriles is 1. The Bertz CT molecular complexity index is 833. The van der Waals surface area contributed by atoms with Crippen molar-refractivity contribution in [1.82, 2.24) is 10.3 Å². The third-order valence-electron chi connectivity index (χ3n) is 3.31. The molecule has 0 aliphatic carbocycles. The molecule has 0 aliphatic heterocycles. The van der Waals surface area contributed by atoms with E-state index in [1.165, 1.54) is 31.4 Å². The molecule has 0 saturated carbocycles. The van der Waals surface area contributed by atoms with E-state index >= 15 is 0 Å². The van der Waals surface area contributed by atoms with E-state index in [0.29, 0.717) is 5.56 Å². The minimum atomic E-state index is -0.500. The van der Waals surface area contributed by atoms with Crippen molar-refractivity contribution in [3.05, 3.63) is 46.9 Å². The minimum Gasteiger partial charge on any atom is -0.494 e. The van der Waals surface area contributed by atoms with Gasteiger partial charge in [-0.05, 0) is 30.7 Å². The average molecular weight is 344 g/mol. The van der Waals surface area contributed by atoms with Gasteiger partial charge < -0.3 is 20.5 Å². The third-order valence-corrected chi connectivity index (χ3v) is 3.31. The molecule has 1 heterocycles. The van der Waals surface area contributed by atoms with Crippen molar-refractivity contribution >= 4 is 11.6 Å². The fourth-order valence-corrected chi connectivity index (χ4v) is 2.10. The molecule has 0 saturated heterocycles. The van der Waals surface area contributed by atoms with Gasteiger partial charge in [0.15, 0.2) is 11.6 Å². The van der Waals surface area contributed by atoms with E-state index in [4.69, 9.17) is 20.5 Å². The van der Waals surface area contributed by atoms with Crippen molar-refractivity contribution < 1.29 is 18.7 Å². The number of amides is 1. The van der Waals surface area contributed by atoms with Crippen LogP contribution < -0.4 is 20.5 Å². The molecule has 0 fully saturated rings. The Morgan fingerprint density at radius 1 is 1.44 bits per heavy atom. The maximum absolute atomic E-state index is 13.4. The number of nitrogens with zero attached hydrogens (tertiary/aromatic N) is 2. The quantitative estimate of drug-likeness (QED) is 0.829. The highest BCUT2D eigenvalue weighted by molar-refractivity contribution is 5.93. The average Bonchev–Trinajstić information content (AvgIpc) is 2.60. The van der Waals surface area contributed by atoms with Crippen molar-refractivity contribution in [3.63, 3.8) is 0 Å². The first-order valence-electron chi connectivity index (χ1n) is 7.44. The number of pyridine rings is 1. The molecule has 3 N–H and O–H groups in total. The maximum Gasteiger partial charge on any atom is 0.270 e. The van der Waals surface area contributed by atoms with E-state index in [2.05, 4.69) is 10.3 Å². The topological polar surface area (TPSA) is 110 Å². The molecule has 25 heavy (non-hydrogen) atoms. The first-order valence-corrected chi connectivity index (χ1v) is 7.44. The van der Waals surface area contributed by atoms with Crippen LogP contribution in [0, 0.1) is 17.1 Å². The summed E-state index contributed by atoms with van der Waals surface area (Å²) in [6.45, 7) is 2.15. The first kappa shape index (κ1) is 18.0. The van der Waals surface area contributed by atoms with E-state index in [9.17, 15) is 9.18 Å². The standard InChI is InChI=1S/C17H17FN4O3/c1-3-25-17-11(8-19)13(20)7-14(22-17)16(23)21-9-10-4-5-12(18)15(6-10)24-2/h4-7H,3,9H2,1-2H3,(H2,20,22)(H,21,23). The van der Waals surface area contributed by atoms with E-state index in [1.54, 1.807) is 6.92 Å². The summed E-state index contributed by atoms with van der Waals surface area (Å²) in [7, 11) is 1.36. The molecule has 1 aromatic carbocycles. The highest BCUT2D eigenvalue weighted by atomic mass is 19.1. The van der Waals surface area contributed by atoms with Crippen LogP contribution in [0.1, 0.15) is 28.5 Å². The molecule has 1 amide bonds. The molecule has 1 aromatic heterocycles. The number of nitrogen functional groups attached to an aromatic ring is 1. The maximum atomic E-state index is 13.4. The van der Waals surface area contributed by atoms with Crippen LogP contribution >= 0.6 is 0 Å². The number of hydrogen-bond donors (Lipinski definition) is 2. The molecule has 7 nitrogen and oxygen atoms in total.